The number of phenols is 1. The van der Waals surface area contributed by atoms with Crippen molar-refractivity contribution >= 4 is 45.1 Å². The van der Waals surface area contributed by atoms with Crippen LogP contribution >= 0.6 is 27.5 Å². The lowest BCUT2D eigenvalue weighted by atomic mass is 10.1. The highest BCUT2D eigenvalue weighted by atomic mass is 79.9. The number of benzene rings is 1. The van der Waals surface area contributed by atoms with Crippen LogP contribution in [0.2, 0.25) is 5.15 Å². The number of carboxylic acids is 1. The van der Waals surface area contributed by atoms with Gasteiger partial charge in [-0.3, -0.25) is 4.79 Å². The van der Waals surface area contributed by atoms with Gasteiger partial charge in [0.1, 0.15) is 16.5 Å². The maximum atomic E-state index is 12.1. The van der Waals surface area contributed by atoms with Crippen molar-refractivity contribution in [3.05, 3.63) is 51.2 Å². The third-order valence-electron chi connectivity index (χ3n) is 2.54. The summed E-state index contributed by atoms with van der Waals surface area (Å²) in [5.41, 5.74) is 0.126. The number of halogens is 2. The molecule has 0 unspecified atom stereocenters. The first-order valence-corrected chi connectivity index (χ1v) is 6.74. The van der Waals surface area contributed by atoms with Crippen molar-refractivity contribution in [1.82, 2.24) is 4.98 Å². The van der Waals surface area contributed by atoms with Gasteiger partial charge >= 0.3 is 5.97 Å². The molecule has 2 rings (SSSR count). The number of hydrogen-bond acceptors (Lipinski definition) is 4. The van der Waals surface area contributed by atoms with Crippen molar-refractivity contribution in [2.75, 3.05) is 5.32 Å². The number of anilines is 1. The van der Waals surface area contributed by atoms with Gasteiger partial charge in [0, 0.05) is 22.4 Å². The summed E-state index contributed by atoms with van der Waals surface area (Å²) in [5, 5.41) is 20.9. The van der Waals surface area contributed by atoms with Gasteiger partial charge in [-0.05, 0) is 34.1 Å². The van der Waals surface area contributed by atoms with E-state index in [0.29, 0.717) is 4.47 Å². The van der Waals surface area contributed by atoms with Crippen LogP contribution in [0.3, 0.4) is 0 Å². The molecule has 3 N–H and O–H groups in total. The predicted octanol–water partition coefficient (Wildman–Crippen LogP) is 3.15. The number of carbonyl (C=O) groups is 2. The number of rotatable bonds is 3. The first-order chi connectivity index (χ1) is 9.88. The Kier molecular flexibility index (Phi) is 4.44. The molecular weight excluding hydrogens is 364 g/mol. The summed E-state index contributed by atoms with van der Waals surface area (Å²) in [6, 6.07) is 5.19. The highest BCUT2D eigenvalue weighted by Crippen LogP contribution is 2.24. The van der Waals surface area contributed by atoms with Crippen LogP contribution in [-0.4, -0.2) is 27.1 Å². The Bertz CT molecular complexity index is 736. The Balaban J connectivity index is 2.26. The largest absolute Gasteiger partial charge is 0.507 e. The SMILES string of the molecule is O=C(O)c1ccc(NC(=O)c2cc(Br)cnc2Cl)cc1O. The van der Waals surface area contributed by atoms with Gasteiger partial charge in [0.05, 0.1) is 5.56 Å². The van der Waals surface area contributed by atoms with Crippen LogP contribution in [0.25, 0.3) is 0 Å². The topological polar surface area (TPSA) is 99.5 Å². The summed E-state index contributed by atoms with van der Waals surface area (Å²) in [4.78, 5) is 26.7. The first kappa shape index (κ1) is 15.3. The number of carboxylic acid groups (broad SMARTS) is 1. The van der Waals surface area contributed by atoms with Crippen molar-refractivity contribution in [2.45, 2.75) is 0 Å². The number of pyridine rings is 1. The summed E-state index contributed by atoms with van der Waals surface area (Å²) < 4.78 is 0.584. The number of nitrogens with zero attached hydrogens (tertiary/aromatic N) is 1. The van der Waals surface area contributed by atoms with Crippen LogP contribution in [0.15, 0.2) is 34.9 Å². The monoisotopic (exact) mass is 370 g/mol. The van der Waals surface area contributed by atoms with E-state index in [1.165, 1.54) is 24.4 Å². The van der Waals surface area contributed by atoms with Gasteiger partial charge in [0.15, 0.2) is 0 Å². The second-order valence-corrected chi connectivity index (χ2v) is 5.26. The second-order valence-electron chi connectivity index (χ2n) is 3.98. The smallest absolute Gasteiger partial charge is 0.339 e. The molecule has 0 fully saturated rings. The third kappa shape index (κ3) is 3.50. The summed E-state index contributed by atoms with van der Waals surface area (Å²) in [6.45, 7) is 0. The average molecular weight is 372 g/mol. The zero-order valence-electron chi connectivity index (χ0n) is 10.3. The van der Waals surface area contributed by atoms with E-state index in [2.05, 4.69) is 26.2 Å². The molecule has 1 aromatic heterocycles. The molecule has 0 aliphatic heterocycles. The van der Waals surface area contributed by atoms with Crippen LogP contribution < -0.4 is 5.32 Å². The van der Waals surface area contributed by atoms with E-state index < -0.39 is 17.6 Å². The molecule has 0 spiro atoms. The zero-order chi connectivity index (χ0) is 15.6. The van der Waals surface area contributed by atoms with Crippen LogP contribution in [-0.2, 0) is 0 Å². The van der Waals surface area contributed by atoms with E-state index in [1.54, 1.807) is 0 Å². The van der Waals surface area contributed by atoms with Crippen LogP contribution in [0, 0.1) is 0 Å². The second kappa shape index (κ2) is 6.11. The van der Waals surface area contributed by atoms with Crippen molar-refractivity contribution in [2.24, 2.45) is 0 Å². The molecule has 0 saturated carbocycles. The van der Waals surface area contributed by atoms with Gasteiger partial charge in [-0.1, -0.05) is 11.6 Å². The van der Waals surface area contributed by atoms with Gasteiger partial charge in [0.2, 0.25) is 0 Å². The molecule has 1 amide bonds. The lowest BCUT2D eigenvalue weighted by Gasteiger charge is -2.08. The van der Waals surface area contributed by atoms with Crippen LogP contribution in [0.4, 0.5) is 5.69 Å². The molecule has 1 aromatic carbocycles. The maximum Gasteiger partial charge on any atom is 0.339 e. The van der Waals surface area contributed by atoms with E-state index in [-0.39, 0.29) is 22.0 Å². The van der Waals surface area contributed by atoms with Gasteiger partial charge in [-0.25, -0.2) is 9.78 Å². The standard InChI is InChI=1S/C13H8BrClN2O4/c14-6-3-9(11(15)16-5-6)12(19)17-7-1-2-8(13(20)21)10(18)4-7/h1-5,18H,(H,17,19)(H,20,21). The summed E-state index contributed by atoms with van der Waals surface area (Å²) >= 11 is 9.02. The predicted molar refractivity (Wildman–Crippen MR) is 80.0 cm³/mol. The molecule has 0 aliphatic rings. The lowest BCUT2D eigenvalue weighted by molar-refractivity contribution is 0.0693. The Morgan fingerprint density at radius 1 is 1.24 bits per heavy atom. The zero-order valence-corrected chi connectivity index (χ0v) is 12.6. The Morgan fingerprint density at radius 3 is 2.57 bits per heavy atom. The van der Waals surface area contributed by atoms with E-state index in [9.17, 15) is 14.7 Å². The van der Waals surface area contributed by atoms with E-state index in [0.717, 1.165) is 6.07 Å². The molecule has 0 radical (unpaired) electrons. The average Bonchev–Trinajstić information content (AvgIpc) is 2.41. The number of aromatic carboxylic acids is 1. The van der Waals surface area contributed by atoms with Crippen molar-refractivity contribution in [3.63, 3.8) is 0 Å². The van der Waals surface area contributed by atoms with Gasteiger partial charge in [0.25, 0.3) is 5.91 Å². The molecule has 0 saturated heterocycles. The highest BCUT2D eigenvalue weighted by Gasteiger charge is 2.14. The summed E-state index contributed by atoms with van der Waals surface area (Å²) in [5.74, 6) is -2.24. The highest BCUT2D eigenvalue weighted by molar-refractivity contribution is 9.10. The van der Waals surface area contributed by atoms with Crippen molar-refractivity contribution in [3.8, 4) is 5.75 Å². The van der Waals surface area contributed by atoms with Gasteiger partial charge < -0.3 is 15.5 Å². The van der Waals surface area contributed by atoms with E-state index in [1.807, 2.05) is 0 Å². The number of aromatic nitrogens is 1. The minimum absolute atomic E-state index is 0.0297. The van der Waals surface area contributed by atoms with Crippen molar-refractivity contribution < 1.29 is 19.8 Å². The lowest BCUT2D eigenvalue weighted by Crippen LogP contribution is -2.13. The van der Waals surface area contributed by atoms with E-state index >= 15 is 0 Å². The molecule has 8 heteroatoms. The maximum absolute atomic E-state index is 12.1. The van der Waals surface area contributed by atoms with Crippen LogP contribution in [0.1, 0.15) is 20.7 Å². The minimum atomic E-state index is -1.26. The molecule has 6 nitrogen and oxygen atoms in total. The van der Waals surface area contributed by atoms with Crippen molar-refractivity contribution in [1.29, 1.82) is 0 Å². The van der Waals surface area contributed by atoms with E-state index in [4.69, 9.17) is 16.7 Å². The minimum Gasteiger partial charge on any atom is -0.507 e. The number of nitrogens with one attached hydrogen (secondary N) is 1. The summed E-state index contributed by atoms with van der Waals surface area (Å²) in [7, 11) is 0. The molecular formula is C13H8BrClN2O4. The van der Waals surface area contributed by atoms with Gasteiger partial charge in [-0.2, -0.15) is 0 Å². The van der Waals surface area contributed by atoms with Crippen LogP contribution in [0.5, 0.6) is 5.75 Å². The fraction of sp³-hybridized carbons (Fsp3) is 0. The third-order valence-corrected chi connectivity index (χ3v) is 3.27. The number of hydrogen-bond donors (Lipinski definition) is 3. The number of carbonyl (C=O) groups excluding carboxylic acids is 1. The molecule has 0 bridgehead atoms. The fourth-order valence-electron chi connectivity index (χ4n) is 1.57. The molecule has 0 atom stereocenters. The molecule has 108 valence electrons. The molecule has 2 aromatic rings. The molecule has 0 aliphatic carbocycles. The Labute approximate surface area is 132 Å². The molecule has 1 heterocycles. The first-order valence-electron chi connectivity index (χ1n) is 5.57. The Hall–Kier alpha value is -2.12. The number of amides is 1. The van der Waals surface area contributed by atoms with Gasteiger partial charge in [-0.15, -0.1) is 0 Å². The normalized spacial score (nSPS) is 10.2. The summed E-state index contributed by atoms with van der Waals surface area (Å²) in [6.07, 6.45) is 1.45. The fourth-order valence-corrected chi connectivity index (χ4v) is 2.09. The number of aromatic hydroxyl groups is 1. The molecule has 21 heavy (non-hydrogen) atoms. The quantitative estimate of drug-likeness (QED) is 0.720. The Morgan fingerprint density at radius 2 is 1.95 bits per heavy atom.